The fraction of sp³-hybridized carbons (Fsp3) is 0.727. The van der Waals surface area contributed by atoms with E-state index >= 15 is 4.39 Å². The molecule has 1 aromatic rings. The van der Waals surface area contributed by atoms with E-state index in [1.54, 1.807) is 41.5 Å². The highest BCUT2D eigenvalue weighted by atomic mass is 31.2. The first-order chi connectivity index (χ1) is 18.8. The summed E-state index contributed by atoms with van der Waals surface area (Å²) in [5.74, 6) is -1.49. The smallest absolute Gasteiger partial charge is 0.437 e. The van der Waals surface area contributed by atoms with E-state index in [9.17, 15) is 28.8 Å². The zero-order valence-electron chi connectivity index (χ0n) is 23.3. The number of carbonyl (C=O) groups excluding carboxylic acids is 2. The Morgan fingerprint density at radius 2 is 1.68 bits per heavy atom. The second kappa shape index (κ2) is 13.2. The maximum absolute atomic E-state index is 15.2. The number of esters is 2. The molecule has 17 nitrogen and oxygen atoms in total. The van der Waals surface area contributed by atoms with Crippen molar-refractivity contribution in [3.8, 4) is 0 Å². The van der Waals surface area contributed by atoms with E-state index < -0.39 is 92.7 Å². The van der Waals surface area contributed by atoms with Crippen LogP contribution in [-0.2, 0) is 41.9 Å². The van der Waals surface area contributed by atoms with Gasteiger partial charge in [0.25, 0.3) is 5.56 Å². The van der Waals surface area contributed by atoms with Crippen molar-refractivity contribution >= 4 is 19.8 Å². The molecular formula is C22H33FN5O12P. The fourth-order valence-electron chi connectivity index (χ4n) is 3.13. The van der Waals surface area contributed by atoms with Crippen LogP contribution in [0, 0.1) is 10.8 Å². The first-order valence-corrected chi connectivity index (χ1v) is 13.5. The van der Waals surface area contributed by atoms with E-state index in [2.05, 4.69) is 10.0 Å². The molecule has 0 amide bonds. The minimum absolute atomic E-state index is 0.637. The van der Waals surface area contributed by atoms with Crippen LogP contribution in [0.15, 0.2) is 27.0 Å². The minimum Gasteiger partial charge on any atom is -0.437 e. The topological polar surface area (TPSA) is 230 Å². The van der Waals surface area contributed by atoms with Gasteiger partial charge in [-0.05, 0) is 47.1 Å². The van der Waals surface area contributed by atoms with Crippen LogP contribution in [0.5, 0.6) is 0 Å². The number of aromatic nitrogens is 2. The second-order valence-electron chi connectivity index (χ2n) is 10.9. The molecule has 0 unspecified atom stereocenters. The number of hydrogen-bond acceptors (Lipinski definition) is 13. The lowest BCUT2D eigenvalue weighted by atomic mass is 9.97. The molecule has 1 aliphatic heterocycles. The molecule has 2 heterocycles. The highest BCUT2D eigenvalue weighted by Crippen LogP contribution is 2.52. The van der Waals surface area contributed by atoms with Crippen LogP contribution >= 0.6 is 7.82 Å². The molecule has 1 aliphatic rings. The van der Waals surface area contributed by atoms with Crippen molar-refractivity contribution in [1.29, 1.82) is 0 Å². The van der Waals surface area contributed by atoms with Crippen molar-refractivity contribution in [2.24, 2.45) is 15.9 Å². The first-order valence-electron chi connectivity index (χ1n) is 12.1. The largest absolute Gasteiger partial charge is 0.480 e. The van der Waals surface area contributed by atoms with Crippen LogP contribution in [0.1, 0.15) is 47.8 Å². The Balaban J connectivity index is 2.31. The summed E-state index contributed by atoms with van der Waals surface area (Å²) in [5.41, 5.74) is 2.81. The summed E-state index contributed by atoms with van der Waals surface area (Å²) in [5, 5.41) is 14.0. The van der Waals surface area contributed by atoms with Gasteiger partial charge in [0.2, 0.25) is 13.6 Å². The van der Waals surface area contributed by atoms with Gasteiger partial charge in [-0.3, -0.25) is 28.5 Å². The highest BCUT2D eigenvalue weighted by molar-refractivity contribution is 7.48. The summed E-state index contributed by atoms with van der Waals surface area (Å²) < 4.78 is 60.0. The lowest BCUT2D eigenvalue weighted by Gasteiger charge is -2.31. The molecule has 0 saturated carbocycles. The fourth-order valence-corrected chi connectivity index (χ4v) is 4.09. The maximum atomic E-state index is 15.2. The summed E-state index contributed by atoms with van der Waals surface area (Å²) in [6.45, 7) is 5.55. The van der Waals surface area contributed by atoms with E-state index in [4.69, 9.17) is 33.3 Å². The van der Waals surface area contributed by atoms with Gasteiger partial charge >= 0.3 is 25.5 Å². The van der Waals surface area contributed by atoms with Crippen LogP contribution in [0.2, 0.25) is 0 Å². The average Bonchev–Trinajstić information content (AvgIpc) is 3.10. The quantitative estimate of drug-likeness (QED) is 0.0866. The van der Waals surface area contributed by atoms with E-state index in [0.29, 0.717) is 4.57 Å². The van der Waals surface area contributed by atoms with Crippen LogP contribution in [0.4, 0.5) is 4.39 Å². The van der Waals surface area contributed by atoms with Gasteiger partial charge in [-0.15, -0.1) is 0 Å². The zero-order valence-corrected chi connectivity index (χ0v) is 24.2. The predicted octanol–water partition coefficient (Wildman–Crippen LogP) is 2.06. The van der Waals surface area contributed by atoms with Gasteiger partial charge in [-0.25, -0.2) is 22.8 Å². The summed E-state index contributed by atoms with van der Waals surface area (Å²) >= 11 is 0. The van der Waals surface area contributed by atoms with Gasteiger partial charge < -0.3 is 19.3 Å². The summed E-state index contributed by atoms with van der Waals surface area (Å²) in [6, 6.07) is 0.904. The molecule has 2 rings (SSSR count). The van der Waals surface area contributed by atoms with Crippen molar-refractivity contribution in [2.45, 2.75) is 65.6 Å². The number of H-pyrrole nitrogens is 1. The van der Waals surface area contributed by atoms with Gasteiger partial charge in [-0.1, -0.05) is 5.11 Å². The van der Waals surface area contributed by atoms with Crippen molar-refractivity contribution < 1.29 is 51.4 Å². The first kappa shape index (κ1) is 34.1. The zero-order chi connectivity index (χ0) is 31.2. The summed E-state index contributed by atoms with van der Waals surface area (Å²) in [4.78, 5) is 52.2. The Labute approximate surface area is 233 Å². The van der Waals surface area contributed by atoms with Gasteiger partial charge in [0.05, 0.1) is 24.0 Å². The Kier molecular flexibility index (Phi) is 11.0. The lowest BCUT2D eigenvalue weighted by Crippen LogP contribution is -2.48. The molecular weight excluding hydrogens is 576 g/mol. The summed E-state index contributed by atoms with van der Waals surface area (Å²) in [7, 11) is -4.84. The monoisotopic (exact) mass is 609 g/mol. The van der Waals surface area contributed by atoms with Crippen molar-refractivity contribution in [3.05, 3.63) is 43.5 Å². The van der Waals surface area contributed by atoms with Gasteiger partial charge in [0.15, 0.2) is 12.4 Å². The number of rotatable bonds is 12. The number of phosphoric acid groups is 1. The van der Waals surface area contributed by atoms with Gasteiger partial charge in [0.1, 0.15) is 11.7 Å². The van der Waals surface area contributed by atoms with E-state index in [0.717, 1.165) is 12.3 Å². The molecule has 1 aromatic heterocycles. The maximum Gasteiger partial charge on any atom is 0.480 e. The van der Waals surface area contributed by atoms with Crippen LogP contribution in [0.25, 0.3) is 10.4 Å². The normalized spacial score (nSPS) is 23.1. The molecule has 0 aliphatic carbocycles. The second-order valence-corrected chi connectivity index (χ2v) is 12.6. The minimum atomic E-state index is -4.84. The number of aliphatic hydroxyl groups excluding tert-OH is 1. The van der Waals surface area contributed by atoms with E-state index in [-0.39, 0.29) is 0 Å². The Morgan fingerprint density at radius 3 is 2.15 bits per heavy atom. The van der Waals surface area contributed by atoms with Crippen LogP contribution < -0.4 is 11.2 Å². The van der Waals surface area contributed by atoms with Crippen molar-refractivity contribution in [2.75, 3.05) is 26.7 Å². The highest BCUT2D eigenvalue weighted by Gasteiger charge is 2.57. The number of phosphoric ester groups is 1. The number of alkyl halides is 1. The van der Waals surface area contributed by atoms with E-state index in [1.165, 1.54) is 0 Å². The number of azide groups is 1. The standard InChI is InChI=1S/C22H33FN5O12P/c1-20(2,3)17(31)35-11-38-41(34,39-12-36-18(32)21(4,5)6)37-10-22(9-25-27-24)15(30)14(23)16(40-22)28-8-7-13(29)26-19(28)33/h7-8,14-16,30H,9-12H2,1-6H3,(H,26,29,33)/t14-,15+,16-,22-/m1/s1. The number of nitrogens with zero attached hydrogens (tertiary/aromatic N) is 4. The van der Waals surface area contributed by atoms with Crippen molar-refractivity contribution in [3.63, 3.8) is 0 Å². The van der Waals surface area contributed by atoms with Gasteiger partial charge in [-0.2, -0.15) is 0 Å². The molecule has 0 bridgehead atoms. The number of aromatic amines is 1. The molecule has 0 spiro atoms. The number of nitrogens with one attached hydrogen (secondary N) is 1. The number of ether oxygens (including phenoxy) is 3. The third-order valence-corrected chi connectivity index (χ3v) is 6.78. The van der Waals surface area contributed by atoms with E-state index in [1.807, 2.05) is 4.98 Å². The van der Waals surface area contributed by atoms with Crippen LogP contribution in [0.3, 0.4) is 0 Å². The number of halogens is 1. The molecule has 1 fully saturated rings. The predicted molar refractivity (Wildman–Crippen MR) is 136 cm³/mol. The molecule has 0 radical (unpaired) electrons. The Morgan fingerprint density at radius 1 is 1.15 bits per heavy atom. The summed E-state index contributed by atoms with van der Waals surface area (Å²) in [6.07, 6.45) is -5.39. The Hall–Kier alpha value is -3.11. The number of aliphatic hydroxyl groups is 1. The third-order valence-electron chi connectivity index (χ3n) is 5.49. The molecule has 0 aromatic carbocycles. The average molecular weight is 610 g/mol. The number of carbonyl (C=O) groups is 2. The molecule has 1 saturated heterocycles. The Bertz CT molecular complexity index is 1280. The third kappa shape index (κ3) is 8.94. The molecule has 2 N–H and O–H groups in total. The SMILES string of the molecule is CC(C)(C)C(=O)OCOP(=O)(OCOC(=O)C(C)(C)C)OC[C@@]1(CN=[N+]=[N-])O[C@@H](n2ccc(=O)[nH]c2=O)[C@H](F)[C@@H]1O. The van der Waals surface area contributed by atoms with Crippen molar-refractivity contribution in [1.82, 2.24) is 9.55 Å². The number of hydrogen-bond donors (Lipinski definition) is 2. The van der Waals surface area contributed by atoms with Crippen LogP contribution in [-0.4, -0.2) is 71.2 Å². The molecule has 230 valence electrons. The molecule has 4 atom stereocenters. The lowest BCUT2D eigenvalue weighted by molar-refractivity contribution is -0.165. The molecule has 41 heavy (non-hydrogen) atoms. The molecule has 19 heteroatoms. The van der Waals surface area contributed by atoms with Gasteiger partial charge in [0, 0.05) is 17.2 Å².